The smallest absolute Gasteiger partial charge is 0.317 e. The SMILES string of the molecule is CCOC(=O)[C@@H]1[C@H]2C(=O)C3=C([C@@H](C)[C@H]4OC(=O)[C@@H]3[C@@]4(C)O)[C@@H](C)[C@@]23O[C@@]1(C)[C@H](O)[C@H]3C. The molecule has 3 aliphatic heterocycles. The second-order valence-corrected chi connectivity index (χ2v) is 10.3. The van der Waals surface area contributed by atoms with Gasteiger partial charge in [0.1, 0.15) is 29.1 Å². The molecular weight excluding hydrogens is 404 g/mol. The van der Waals surface area contributed by atoms with E-state index in [0.29, 0.717) is 0 Å². The molecule has 0 aromatic rings. The second-order valence-electron chi connectivity index (χ2n) is 10.3. The van der Waals surface area contributed by atoms with E-state index in [1.54, 1.807) is 13.8 Å². The number of aliphatic hydroxyl groups is 2. The molecule has 31 heavy (non-hydrogen) atoms. The Labute approximate surface area is 180 Å². The van der Waals surface area contributed by atoms with Gasteiger partial charge in [0.25, 0.3) is 0 Å². The molecule has 5 rings (SSSR count). The molecule has 3 saturated heterocycles. The minimum atomic E-state index is -1.51. The number of ketones is 1. The van der Waals surface area contributed by atoms with Crippen molar-refractivity contribution in [2.45, 2.75) is 70.6 Å². The van der Waals surface area contributed by atoms with Crippen molar-refractivity contribution in [3.63, 3.8) is 0 Å². The molecule has 8 heteroatoms. The highest BCUT2D eigenvalue weighted by atomic mass is 16.6. The summed E-state index contributed by atoms with van der Waals surface area (Å²) < 4.78 is 17.3. The van der Waals surface area contributed by atoms with E-state index >= 15 is 0 Å². The minimum Gasteiger partial charge on any atom is -0.466 e. The molecular formula is C23H30O8. The van der Waals surface area contributed by atoms with Gasteiger partial charge >= 0.3 is 11.9 Å². The van der Waals surface area contributed by atoms with Crippen LogP contribution in [-0.2, 0) is 28.6 Å². The van der Waals surface area contributed by atoms with E-state index in [4.69, 9.17) is 14.2 Å². The van der Waals surface area contributed by atoms with E-state index in [-0.39, 0.29) is 23.9 Å². The summed E-state index contributed by atoms with van der Waals surface area (Å²) in [5, 5.41) is 22.2. The number of hydrogen-bond acceptors (Lipinski definition) is 8. The van der Waals surface area contributed by atoms with Crippen LogP contribution in [0.4, 0.5) is 0 Å². The maximum atomic E-state index is 14.1. The van der Waals surface area contributed by atoms with Gasteiger partial charge < -0.3 is 24.4 Å². The van der Waals surface area contributed by atoms with Crippen molar-refractivity contribution >= 4 is 17.7 Å². The predicted molar refractivity (Wildman–Crippen MR) is 105 cm³/mol. The number of aliphatic hydroxyl groups excluding tert-OH is 1. The van der Waals surface area contributed by atoms with Gasteiger partial charge in [-0.2, -0.15) is 0 Å². The van der Waals surface area contributed by atoms with Crippen molar-refractivity contribution in [2.24, 2.45) is 35.5 Å². The van der Waals surface area contributed by atoms with Gasteiger partial charge in [0.15, 0.2) is 5.78 Å². The summed E-state index contributed by atoms with van der Waals surface area (Å²) in [4.78, 5) is 39.9. The predicted octanol–water partition coefficient (Wildman–Crippen LogP) is 0.778. The first-order valence-electron chi connectivity index (χ1n) is 11.1. The quantitative estimate of drug-likeness (QED) is 0.612. The summed E-state index contributed by atoms with van der Waals surface area (Å²) in [7, 11) is 0. The lowest BCUT2D eigenvalue weighted by Gasteiger charge is -2.53. The fraction of sp³-hybridized carbons (Fsp3) is 0.783. The van der Waals surface area contributed by atoms with Gasteiger partial charge in [-0.3, -0.25) is 14.4 Å². The number of hydrogen-bond donors (Lipinski definition) is 2. The number of rotatable bonds is 2. The Bertz CT molecular complexity index is 936. The highest BCUT2D eigenvalue weighted by Crippen LogP contribution is 2.69. The van der Waals surface area contributed by atoms with Crippen LogP contribution in [0.25, 0.3) is 0 Å². The lowest BCUT2D eigenvalue weighted by Crippen LogP contribution is -2.65. The first-order chi connectivity index (χ1) is 14.4. The van der Waals surface area contributed by atoms with Crippen molar-refractivity contribution in [3.05, 3.63) is 11.1 Å². The monoisotopic (exact) mass is 434 g/mol. The fourth-order valence-electron chi connectivity index (χ4n) is 7.80. The van der Waals surface area contributed by atoms with Crippen LogP contribution in [0.5, 0.6) is 0 Å². The third-order valence-corrected chi connectivity index (χ3v) is 9.02. The van der Waals surface area contributed by atoms with Crippen LogP contribution in [0.2, 0.25) is 0 Å². The highest BCUT2D eigenvalue weighted by Gasteiger charge is 2.81. The molecule has 0 aromatic carbocycles. The lowest BCUT2D eigenvalue weighted by atomic mass is 9.48. The van der Waals surface area contributed by atoms with Gasteiger partial charge in [0.05, 0.1) is 24.2 Å². The summed E-state index contributed by atoms with van der Waals surface area (Å²) in [6.07, 6.45) is -1.71. The van der Waals surface area contributed by atoms with Crippen molar-refractivity contribution < 1.29 is 38.8 Å². The van der Waals surface area contributed by atoms with Crippen molar-refractivity contribution in [1.82, 2.24) is 0 Å². The summed E-state index contributed by atoms with van der Waals surface area (Å²) >= 11 is 0. The molecule has 1 spiro atoms. The number of carbonyl (C=O) groups is 3. The highest BCUT2D eigenvalue weighted by molar-refractivity contribution is 6.08. The Morgan fingerprint density at radius 2 is 1.84 bits per heavy atom. The minimum absolute atomic E-state index is 0.136. The van der Waals surface area contributed by atoms with Crippen LogP contribution in [0.3, 0.4) is 0 Å². The standard InChI is InChI=1S/C23H30O8/c1-7-29-19(26)15-14-16(24)12-11(8(2)18-21(5,28)13(12)20(27)30-18)9(3)23(14)10(4)17(25)22(15,6)31-23/h8-10,13-15,17-18,25,28H,7H2,1-6H3/t8-,9-,10-,13-,14+,15+,17-,18-,21-,22-,23+/m1/s1. The average molecular weight is 434 g/mol. The molecule has 3 heterocycles. The van der Waals surface area contributed by atoms with Crippen LogP contribution in [0, 0.1) is 35.5 Å². The number of carbonyl (C=O) groups excluding carboxylic acids is 3. The third-order valence-electron chi connectivity index (χ3n) is 9.02. The summed E-state index contributed by atoms with van der Waals surface area (Å²) in [5.74, 6) is -5.74. The fourth-order valence-corrected chi connectivity index (χ4v) is 7.80. The maximum Gasteiger partial charge on any atom is 0.317 e. The molecule has 0 radical (unpaired) electrons. The van der Waals surface area contributed by atoms with Gasteiger partial charge in [-0.1, -0.05) is 26.3 Å². The Hall–Kier alpha value is -1.77. The zero-order chi connectivity index (χ0) is 22.8. The van der Waals surface area contributed by atoms with E-state index in [0.717, 1.165) is 5.57 Å². The van der Waals surface area contributed by atoms with Gasteiger partial charge in [-0.05, 0) is 20.8 Å². The summed E-state index contributed by atoms with van der Waals surface area (Å²) in [5.41, 5.74) is -2.89. The second kappa shape index (κ2) is 5.97. The van der Waals surface area contributed by atoms with Crippen LogP contribution in [0.1, 0.15) is 41.5 Å². The normalized spacial score (nSPS) is 54.6. The lowest BCUT2D eigenvalue weighted by molar-refractivity contribution is -0.162. The first kappa shape index (κ1) is 21.1. The van der Waals surface area contributed by atoms with Gasteiger partial charge in [0.2, 0.25) is 0 Å². The maximum absolute atomic E-state index is 14.1. The summed E-state index contributed by atoms with van der Waals surface area (Å²) in [6.45, 7) is 10.6. The van der Waals surface area contributed by atoms with E-state index in [1.165, 1.54) is 6.92 Å². The van der Waals surface area contributed by atoms with Crippen LogP contribution in [-0.4, -0.2) is 63.6 Å². The number of fused-ring (bicyclic) bond motifs is 4. The Balaban J connectivity index is 1.75. The molecule has 2 aliphatic carbocycles. The third kappa shape index (κ3) is 2.05. The average Bonchev–Trinajstić information content (AvgIpc) is 3.14. The largest absolute Gasteiger partial charge is 0.466 e. The van der Waals surface area contributed by atoms with E-state index < -0.39 is 70.5 Å². The van der Waals surface area contributed by atoms with E-state index in [2.05, 4.69) is 0 Å². The van der Waals surface area contributed by atoms with Crippen molar-refractivity contribution in [1.29, 1.82) is 0 Å². The molecule has 8 nitrogen and oxygen atoms in total. The van der Waals surface area contributed by atoms with Gasteiger partial charge in [0, 0.05) is 23.3 Å². The molecule has 3 fully saturated rings. The zero-order valence-corrected chi connectivity index (χ0v) is 18.7. The Morgan fingerprint density at radius 1 is 1.19 bits per heavy atom. The topological polar surface area (TPSA) is 119 Å². The molecule has 5 aliphatic rings. The van der Waals surface area contributed by atoms with E-state index in [1.807, 2.05) is 20.8 Å². The molecule has 0 unspecified atom stereocenters. The molecule has 11 atom stereocenters. The van der Waals surface area contributed by atoms with Gasteiger partial charge in [-0.25, -0.2) is 0 Å². The first-order valence-corrected chi connectivity index (χ1v) is 11.1. The van der Waals surface area contributed by atoms with Crippen LogP contribution in [0.15, 0.2) is 11.1 Å². The van der Waals surface area contributed by atoms with Gasteiger partial charge in [-0.15, -0.1) is 0 Å². The summed E-state index contributed by atoms with van der Waals surface area (Å²) in [6, 6.07) is 0. The molecule has 2 N–H and O–H groups in total. The Kier molecular flexibility index (Phi) is 4.06. The molecule has 0 amide bonds. The molecule has 4 bridgehead atoms. The Morgan fingerprint density at radius 3 is 2.45 bits per heavy atom. The zero-order valence-electron chi connectivity index (χ0n) is 18.7. The molecule has 0 saturated carbocycles. The van der Waals surface area contributed by atoms with Crippen LogP contribution < -0.4 is 0 Å². The molecule has 0 aromatic heterocycles. The van der Waals surface area contributed by atoms with Crippen LogP contribution >= 0.6 is 0 Å². The van der Waals surface area contributed by atoms with Crippen molar-refractivity contribution in [2.75, 3.05) is 6.61 Å². The molecule has 170 valence electrons. The van der Waals surface area contributed by atoms with Crippen molar-refractivity contribution in [3.8, 4) is 0 Å². The number of ether oxygens (including phenoxy) is 3. The number of Topliss-reactive ketones (excluding diaryl/α,β-unsaturated/α-hetero) is 1. The van der Waals surface area contributed by atoms with E-state index in [9.17, 15) is 24.6 Å². The number of esters is 2.